The lowest BCUT2D eigenvalue weighted by Gasteiger charge is -2.33. The lowest BCUT2D eigenvalue weighted by molar-refractivity contribution is 0.0655. The van der Waals surface area contributed by atoms with Crippen molar-refractivity contribution in [1.29, 1.82) is 0 Å². The molecule has 0 radical (unpaired) electrons. The smallest absolute Gasteiger partial charge is 0.125 e. The van der Waals surface area contributed by atoms with Crippen LogP contribution >= 0.6 is 0 Å². The van der Waals surface area contributed by atoms with Crippen molar-refractivity contribution in [1.82, 2.24) is 4.90 Å². The van der Waals surface area contributed by atoms with Gasteiger partial charge in [0.1, 0.15) is 6.17 Å². The van der Waals surface area contributed by atoms with Crippen LogP contribution in [0.25, 0.3) is 0 Å². The normalized spacial score (nSPS) is 15.9. The van der Waals surface area contributed by atoms with Crippen molar-refractivity contribution in [3.05, 3.63) is 35.9 Å². The summed E-state index contributed by atoms with van der Waals surface area (Å²) in [6, 6.07) is 10.5. The van der Waals surface area contributed by atoms with Gasteiger partial charge in [0.25, 0.3) is 0 Å². The molecule has 1 aromatic rings. The third-order valence-corrected chi connectivity index (χ3v) is 2.84. The van der Waals surface area contributed by atoms with Crippen molar-refractivity contribution in [3.8, 4) is 0 Å². The maximum atomic E-state index is 12.1. The second-order valence-corrected chi connectivity index (χ2v) is 4.34. The van der Waals surface area contributed by atoms with Crippen LogP contribution in [0, 0.1) is 0 Å². The number of aryl methyl sites for hydroxylation is 1. The molecule has 0 unspecified atom stereocenters. The molecule has 3 heteroatoms. The number of hydrogen-bond acceptors (Lipinski definition) is 2. The molecule has 2 rings (SSSR count). The average molecular weight is 238 g/mol. The van der Waals surface area contributed by atoms with E-state index in [1.165, 1.54) is 5.56 Å². The molecule has 1 aromatic carbocycles. The molecule has 17 heavy (non-hydrogen) atoms. The monoisotopic (exact) mass is 238 g/mol. The van der Waals surface area contributed by atoms with Crippen LogP contribution in [-0.4, -0.2) is 37.3 Å². The zero-order chi connectivity index (χ0) is 12.5. The number of hydrogen-bond donors (Lipinski definition) is 1. The first kappa shape index (κ1) is 14.1. The SMILES string of the molecule is CCc1ccccc1.NCCCN1CC(F)C1. The topological polar surface area (TPSA) is 29.3 Å². The standard InChI is InChI=1S/C8H10.C6H13FN2/c1-2-8-6-4-3-5-7-8;7-6-4-9(5-6)3-1-2-8/h3-7H,2H2,1H3;6H,1-5,8H2. The van der Waals surface area contributed by atoms with E-state index in [4.69, 9.17) is 5.73 Å². The van der Waals surface area contributed by atoms with Crippen molar-refractivity contribution in [2.24, 2.45) is 5.73 Å². The molecule has 0 saturated carbocycles. The Hall–Kier alpha value is -0.930. The minimum atomic E-state index is -0.567. The van der Waals surface area contributed by atoms with Gasteiger partial charge in [0.2, 0.25) is 0 Å². The molecule has 0 bridgehead atoms. The highest BCUT2D eigenvalue weighted by Crippen LogP contribution is 2.10. The maximum absolute atomic E-state index is 12.1. The van der Waals surface area contributed by atoms with Crippen LogP contribution in [0.2, 0.25) is 0 Å². The van der Waals surface area contributed by atoms with E-state index in [1.54, 1.807) is 0 Å². The van der Waals surface area contributed by atoms with Crippen LogP contribution < -0.4 is 5.73 Å². The third kappa shape index (κ3) is 5.80. The lowest BCUT2D eigenvalue weighted by Crippen LogP contribution is -2.48. The second kappa shape index (κ2) is 8.20. The Kier molecular flexibility index (Phi) is 6.82. The van der Waals surface area contributed by atoms with Gasteiger partial charge < -0.3 is 5.73 Å². The molecule has 1 heterocycles. The van der Waals surface area contributed by atoms with Crippen molar-refractivity contribution < 1.29 is 4.39 Å². The van der Waals surface area contributed by atoms with Gasteiger partial charge >= 0.3 is 0 Å². The van der Waals surface area contributed by atoms with E-state index in [0.717, 1.165) is 19.4 Å². The number of alkyl halides is 1. The first-order valence-corrected chi connectivity index (χ1v) is 6.36. The van der Waals surface area contributed by atoms with Crippen LogP contribution in [0.4, 0.5) is 4.39 Å². The van der Waals surface area contributed by atoms with Gasteiger partial charge in [-0.1, -0.05) is 37.3 Å². The molecule has 2 nitrogen and oxygen atoms in total. The van der Waals surface area contributed by atoms with Gasteiger partial charge in [-0.2, -0.15) is 0 Å². The van der Waals surface area contributed by atoms with Crippen molar-refractivity contribution in [2.75, 3.05) is 26.2 Å². The molecule has 0 spiro atoms. The fourth-order valence-electron chi connectivity index (χ4n) is 1.72. The summed E-state index contributed by atoms with van der Waals surface area (Å²) in [6.07, 6.45) is 1.57. The molecule has 1 aliphatic rings. The molecule has 0 atom stereocenters. The zero-order valence-electron chi connectivity index (χ0n) is 10.6. The summed E-state index contributed by atoms with van der Waals surface area (Å²) in [5, 5.41) is 0. The summed E-state index contributed by atoms with van der Waals surface area (Å²) >= 11 is 0. The summed E-state index contributed by atoms with van der Waals surface area (Å²) in [7, 11) is 0. The predicted octanol–water partition coefficient (Wildman–Crippen LogP) is 2.24. The highest BCUT2D eigenvalue weighted by molar-refractivity contribution is 5.13. The minimum absolute atomic E-state index is 0.567. The molecule has 0 amide bonds. The summed E-state index contributed by atoms with van der Waals surface area (Å²) in [5.41, 5.74) is 6.68. The van der Waals surface area contributed by atoms with Gasteiger partial charge in [0, 0.05) is 13.1 Å². The van der Waals surface area contributed by atoms with Gasteiger partial charge in [-0.05, 0) is 31.5 Å². The van der Waals surface area contributed by atoms with E-state index in [1.807, 2.05) is 6.07 Å². The summed E-state index contributed by atoms with van der Waals surface area (Å²) < 4.78 is 12.1. The first-order valence-electron chi connectivity index (χ1n) is 6.36. The van der Waals surface area contributed by atoms with Crippen molar-refractivity contribution in [2.45, 2.75) is 25.9 Å². The number of rotatable bonds is 4. The summed E-state index contributed by atoms with van der Waals surface area (Å²) in [4.78, 5) is 2.08. The van der Waals surface area contributed by atoms with Crippen LogP contribution in [0.1, 0.15) is 18.9 Å². The molecule has 0 aliphatic carbocycles. The molecule has 1 fully saturated rings. The van der Waals surface area contributed by atoms with E-state index in [0.29, 0.717) is 19.6 Å². The Bertz CT molecular complexity index is 284. The van der Waals surface area contributed by atoms with Crippen LogP contribution in [0.3, 0.4) is 0 Å². The van der Waals surface area contributed by atoms with Crippen molar-refractivity contribution >= 4 is 0 Å². The molecular formula is C14H23FN2. The highest BCUT2D eigenvalue weighted by Gasteiger charge is 2.24. The Balaban J connectivity index is 0.000000171. The number of halogens is 1. The van der Waals surface area contributed by atoms with E-state index in [9.17, 15) is 4.39 Å². The minimum Gasteiger partial charge on any atom is -0.330 e. The summed E-state index contributed by atoms with van der Waals surface area (Å²) in [5.74, 6) is 0. The Morgan fingerprint density at radius 3 is 2.35 bits per heavy atom. The molecule has 0 aromatic heterocycles. The largest absolute Gasteiger partial charge is 0.330 e. The second-order valence-electron chi connectivity index (χ2n) is 4.34. The van der Waals surface area contributed by atoms with Gasteiger partial charge in [0.15, 0.2) is 0 Å². The fraction of sp³-hybridized carbons (Fsp3) is 0.571. The molecule has 1 aliphatic heterocycles. The van der Waals surface area contributed by atoms with Gasteiger partial charge in [-0.3, -0.25) is 4.90 Å². The quantitative estimate of drug-likeness (QED) is 0.871. The molecule has 2 N–H and O–H groups in total. The number of likely N-dealkylation sites (tertiary alicyclic amines) is 1. The van der Waals surface area contributed by atoms with Gasteiger partial charge in [-0.15, -0.1) is 0 Å². The molecule has 1 saturated heterocycles. The molecular weight excluding hydrogens is 215 g/mol. The third-order valence-electron chi connectivity index (χ3n) is 2.84. The van der Waals surface area contributed by atoms with E-state index < -0.39 is 6.17 Å². The average Bonchev–Trinajstić information content (AvgIpc) is 2.35. The lowest BCUT2D eigenvalue weighted by atomic mass is 10.2. The Morgan fingerprint density at radius 1 is 1.29 bits per heavy atom. The predicted molar refractivity (Wildman–Crippen MR) is 70.8 cm³/mol. The van der Waals surface area contributed by atoms with Crippen molar-refractivity contribution in [3.63, 3.8) is 0 Å². The van der Waals surface area contributed by atoms with Crippen LogP contribution in [-0.2, 0) is 6.42 Å². The van der Waals surface area contributed by atoms with Crippen LogP contribution in [0.15, 0.2) is 30.3 Å². The van der Waals surface area contributed by atoms with Crippen LogP contribution in [0.5, 0.6) is 0 Å². The zero-order valence-corrected chi connectivity index (χ0v) is 10.6. The first-order chi connectivity index (χ1) is 8.26. The van der Waals surface area contributed by atoms with Gasteiger partial charge in [-0.25, -0.2) is 4.39 Å². The number of nitrogens with two attached hydrogens (primary N) is 1. The highest BCUT2D eigenvalue weighted by atomic mass is 19.1. The van der Waals surface area contributed by atoms with Gasteiger partial charge in [0.05, 0.1) is 0 Å². The number of benzene rings is 1. The van der Waals surface area contributed by atoms with E-state index in [2.05, 4.69) is 36.1 Å². The molecule has 96 valence electrons. The fourth-order valence-corrected chi connectivity index (χ4v) is 1.72. The Morgan fingerprint density at radius 2 is 1.94 bits per heavy atom. The number of nitrogens with zero attached hydrogens (tertiary/aromatic N) is 1. The Labute approximate surface area is 104 Å². The van der Waals surface area contributed by atoms with E-state index >= 15 is 0 Å². The van der Waals surface area contributed by atoms with E-state index in [-0.39, 0.29) is 0 Å². The summed E-state index contributed by atoms with van der Waals surface area (Å²) in [6.45, 7) is 5.10. The maximum Gasteiger partial charge on any atom is 0.125 e.